The molecule has 0 radical (unpaired) electrons. The fourth-order valence-corrected chi connectivity index (χ4v) is 8.47. The van der Waals surface area contributed by atoms with E-state index >= 15 is 0 Å². The Kier molecular flexibility index (Phi) is 4.95. The summed E-state index contributed by atoms with van der Waals surface area (Å²) in [6, 6.07) is 6.29. The van der Waals surface area contributed by atoms with Gasteiger partial charge in [0, 0.05) is 30.1 Å². The van der Waals surface area contributed by atoms with Gasteiger partial charge in [0.05, 0.1) is 4.90 Å². The summed E-state index contributed by atoms with van der Waals surface area (Å²) < 4.78 is 27.2. The van der Waals surface area contributed by atoms with E-state index < -0.39 is 10.0 Å². The third kappa shape index (κ3) is 3.84. The minimum absolute atomic E-state index is 0.0273. The van der Waals surface area contributed by atoms with Gasteiger partial charge >= 0.3 is 0 Å². The van der Waals surface area contributed by atoms with E-state index in [1.54, 1.807) is 24.3 Å². The summed E-state index contributed by atoms with van der Waals surface area (Å²) >= 11 is 5.88. The van der Waals surface area contributed by atoms with Crippen LogP contribution in [0.25, 0.3) is 0 Å². The van der Waals surface area contributed by atoms with E-state index in [4.69, 9.17) is 11.6 Å². The minimum atomic E-state index is -3.52. The Labute approximate surface area is 178 Å². The lowest BCUT2D eigenvalue weighted by Crippen LogP contribution is -2.60. The number of benzene rings is 1. The Hall–Kier alpha value is -1.11. The second-order valence-corrected chi connectivity index (χ2v) is 12.3. The third-order valence-corrected chi connectivity index (χ3v) is 9.75. The maximum absolute atomic E-state index is 12.9. The maximum Gasteiger partial charge on any atom is 0.243 e. The predicted molar refractivity (Wildman–Crippen MR) is 112 cm³/mol. The Bertz CT molecular complexity index is 864. The summed E-state index contributed by atoms with van der Waals surface area (Å²) in [5, 5.41) is 3.94. The lowest BCUT2D eigenvalue weighted by Gasteiger charge is -2.57. The van der Waals surface area contributed by atoms with Crippen molar-refractivity contribution in [3.05, 3.63) is 29.3 Å². The van der Waals surface area contributed by atoms with Gasteiger partial charge in [-0.05, 0) is 92.9 Å². The van der Waals surface area contributed by atoms with Crippen LogP contribution in [0.4, 0.5) is 0 Å². The van der Waals surface area contributed by atoms with E-state index in [1.807, 2.05) is 0 Å². The van der Waals surface area contributed by atoms with Gasteiger partial charge in [0.25, 0.3) is 0 Å². The number of nitrogens with zero attached hydrogens (tertiary/aromatic N) is 1. The molecule has 1 aromatic rings. The summed E-state index contributed by atoms with van der Waals surface area (Å²) in [5.41, 5.74) is 0.0273. The van der Waals surface area contributed by atoms with Crippen LogP contribution in [-0.4, -0.2) is 37.3 Å². The molecule has 6 rings (SSSR count). The lowest BCUT2D eigenvalue weighted by molar-refractivity contribution is -0.127. The zero-order chi connectivity index (χ0) is 20.2. The molecule has 5 aliphatic rings. The quantitative estimate of drug-likeness (QED) is 0.762. The Morgan fingerprint density at radius 1 is 1.07 bits per heavy atom. The number of halogens is 1. The van der Waals surface area contributed by atoms with Crippen molar-refractivity contribution in [3.63, 3.8) is 0 Å². The van der Waals surface area contributed by atoms with Crippen molar-refractivity contribution in [2.45, 2.75) is 61.8 Å². The van der Waals surface area contributed by atoms with Crippen LogP contribution in [-0.2, 0) is 14.8 Å². The van der Waals surface area contributed by atoms with Crippen LogP contribution in [0.2, 0.25) is 5.02 Å². The molecule has 4 saturated carbocycles. The molecular weight excluding hydrogens is 408 g/mol. The summed E-state index contributed by atoms with van der Waals surface area (Å²) in [5.74, 6) is 2.60. The van der Waals surface area contributed by atoms with Gasteiger partial charge in [0.15, 0.2) is 0 Å². The average Bonchev–Trinajstić information content (AvgIpc) is 3.09. The van der Waals surface area contributed by atoms with Crippen molar-refractivity contribution < 1.29 is 13.2 Å². The minimum Gasteiger partial charge on any atom is -0.351 e. The van der Waals surface area contributed by atoms with Crippen molar-refractivity contribution in [3.8, 4) is 0 Å². The van der Waals surface area contributed by atoms with Crippen LogP contribution in [0.1, 0.15) is 51.4 Å². The molecule has 4 aliphatic carbocycles. The van der Waals surface area contributed by atoms with Gasteiger partial charge in [0.2, 0.25) is 15.9 Å². The molecule has 1 amide bonds. The standard InChI is InChI=1S/C22H29ClN2O3S/c23-19-1-3-20(4-2-19)29(27,28)25-6-5-15(14-25)10-21(26)24-22-11-16-7-17(12-22)9-18(8-16)13-22/h1-4,15-18H,5-14H2,(H,24,26). The lowest BCUT2D eigenvalue weighted by atomic mass is 9.53. The number of hydrogen-bond donors (Lipinski definition) is 1. The number of carbonyl (C=O) groups excluding carboxylic acids is 1. The van der Waals surface area contributed by atoms with Gasteiger partial charge in [-0.1, -0.05) is 11.6 Å². The highest BCUT2D eigenvalue weighted by molar-refractivity contribution is 7.89. The monoisotopic (exact) mass is 436 g/mol. The molecule has 1 saturated heterocycles. The average molecular weight is 437 g/mol. The molecule has 1 atom stereocenters. The molecule has 0 aromatic heterocycles. The largest absolute Gasteiger partial charge is 0.351 e. The topological polar surface area (TPSA) is 66.5 Å². The first-order valence-corrected chi connectivity index (χ1v) is 12.7. The van der Waals surface area contributed by atoms with Gasteiger partial charge in [0.1, 0.15) is 0 Å². The van der Waals surface area contributed by atoms with Crippen molar-refractivity contribution >= 4 is 27.5 Å². The van der Waals surface area contributed by atoms with E-state index in [0.29, 0.717) is 24.5 Å². The molecule has 29 heavy (non-hydrogen) atoms. The Balaban J connectivity index is 1.19. The van der Waals surface area contributed by atoms with Crippen LogP contribution in [0, 0.1) is 23.7 Å². The molecule has 5 fully saturated rings. The van der Waals surface area contributed by atoms with Gasteiger partial charge in [-0.2, -0.15) is 4.31 Å². The van der Waals surface area contributed by atoms with E-state index in [9.17, 15) is 13.2 Å². The number of rotatable bonds is 5. The first-order valence-electron chi connectivity index (χ1n) is 10.9. The second kappa shape index (κ2) is 7.24. The second-order valence-electron chi connectivity index (χ2n) is 9.92. The van der Waals surface area contributed by atoms with Gasteiger partial charge < -0.3 is 5.32 Å². The molecule has 7 heteroatoms. The third-order valence-electron chi connectivity index (χ3n) is 7.62. The highest BCUT2D eigenvalue weighted by atomic mass is 35.5. The van der Waals surface area contributed by atoms with Crippen molar-refractivity contribution in [2.24, 2.45) is 23.7 Å². The molecule has 1 N–H and O–H groups in total. The number of hydrogen-bond acceptors (Lipinski definition) is 3. The molecule has 1 heterocycles. The van der Waals surface area contributed by atoms with Crippen molar-refractivity contribution in [1.82, 2.24) is 9.62 Å². The van der Waals surface area contributed by atoms with Crippen LogP contribution < -0.4 is 5.32 Å². The smallest absolute Gasteiger partial charge is 0.243 e. The fourth-order valence-electron chi connectivity index (χ4n) is 6.81. The van der Waals surface area contributed by atoms with Gasteiger partial charge in [-0.25, -0.2) is 8.42 Å². The maximum atomic E-state index is 12.9. The zero-order valence-electron chi connectivity index (χ0n) is 16.6. The van der Waals surface area contributed by atoms with Crippen LogP contribution in [0.5, 0.6) is 0 Å². The van der Waals surface area contributed by atoms with Crippen molar-refractivity contribution in [2.75, 3.05) is 13.1 Å². The van der Waals surface area contributed by atoms with Gasteiger partial charge in [-0.3, -0.25) is 4.79 Å². The highest BCUT2D eigenvalue weighted by Gasteiger charge is 2.51. The first kappa shape index (κ1) is 19.8. The van der Waals surface area contributed by atoms with Crippen LogP contribution in [0.15, 0.2) is 29.2 Å². The van der Waals surface area contributed by atoms with E-state index in [2.05, 4.69) is 5.32 Å². The molecule has 1 unspecified atom stereocenters. The van der Waals surface area contributed by atoms with E-state index in [1.165, 1.54) is 23.6 Å². The highest BCUT2D eigenvalue weighted by Crippen LogP contribution is 2.55. The van der Waals surface area contributed by atoms with Gasteiger partial charge in [-0.15, -0.1) is 0 Å². The molecule has 1 aromatic carbocycles. The fraction of sp³-hybridized carbons (Fsp3) is 0.682. The normalized spacial score (nSPS) is 36.4. The molecule has 0 spiro atoms. The van der Waals surface area contributed by atoms with Crippen LogP contribution in [0.3, 0.4) is 0 Å². The number of amides is 1. The summed E-state index contributed by atoms with van der Waals surface area (Å²) in [6.45, 7) is 0.888. The zero-order valence-corrected chi connectivity index (χ0v) is 18.2. The summed E-state index contributed by atoms with van der Waals surface area (Å²) in [4.78, 5) is 13.1. The molecule has 1 aliphatic heterocycles. The number of carbonyl (C=O) groups is 1. The summed E-state index contributed by atoms with van der Waals surface area (Å²) in [7, 11) is -3.52. The molecule has 158 valence electrons. The first-order chi connectivity index (χ1) is 13.8. The van der Waals surface area contributed by atoms with Crippen LogP contribution >= 0.6 is 11.6 Å². The Morgan fingerprint density at radius 3 is 2.24 bits per heavy atom. The van der Waals surface area contributed by atoms with Crippen molar-refractivity contribution in [1.29, 1.82) is 0 Å². The number of nitrogens with one attached hydrogen (secondary N) is 1. The molecule has 4 bridgehead atoms. The predicted octanol–water partition coefficient (Wildman–Crippen LogP) is 3.83. The summed E-state index contributed by atoms with van der Waals surface area (Å²) in [6.07, 6.45) is 8.67. The Morgan fingerprint density at radius 2 is 1.66 bits per heavy atom. The van der Waals surface area contributed by atoms with E-state index in [-0.39, 0.29) is 22.3 Å². The number of sulfonamides is 1. The molecule has 5 nitrogen and oxygen atoms in total. The van der Waals surface area contributed by atoms with E-state index in [0.717, 1.165) is 43.4 Å². The SMILES string of the molecule is O=C(CC1CCN(S(=O)(=O)c2ccc(Cl)cc2)C1)NC12CC3CC(CC(C3)C1)C2. The molecular formula is C22H29ClN2O3S.